The molecule has 0 spiro atoms. The fourth-order valence-electron chi connectivity index (χ4n) is 4.52. The van der Waals surface area contributed by atoms with Gasteiger partial charge in [-0.1, -0.05) is 49.6 Å². The summed E-state index contributed by atoms with van der Waals surface area (Å²) < 4.78 is 13.8. The highest BCUT2D eigenvalue weighted by molar-refractivity contribution is 6.06. The number of hydrogen-bond acceptors (Lipinski definition) is 3. The molecule has 1 aromatic heterocycles. The molecule has 1 heterocycles. The maximum Gasteiger partial charge on any atom is 0.340 e. The van der Waals surface area contributed by atoms with Crippen LogP contribution in [0.5, 0.6) is 5.75 Å². The highest BCUT2D eigenvalue weighted by Gasteiger charge is 2.26. The lowest BCUT2D eigenvalue weighted by Gasteiger charge is -2.26. The van der Waals surface area contributed by atoms with E-state index in [0.717, 1.165) is 27.9 Å². The molecule has 152 valence electrons. The van der Waals surface area contributed by atoms with Crippen LogP contribution in [0.4, 0.5) is 0 Å². The van der Waals surface area contributed by atoms with E-state index in [1.807, 2.05) is 56.3 Å². The molecule has 0 atom stereocenters. The third-order valence-corrected chi connectivity index (χ3v) is 5.89. The lowest BCUT2D eigenvalue weighted by atomic mass is 9.95. The predicted molar refractivity (Wildman–Crippen MR) is 116 cm³/mol. The molecule has 1 aliphatic carbocycles. The number of carbonyl (C=O) groups excluding carboxylic acids is 1. The summed E-state index contributed by atoms with van der Waals surface area (Å²) in [7, 11) is 0. The zero-order valence-corrected chi connectivity index (χ0v) is 17.3. The number of aromatic nitrogens is 1. The van der Waals surface area contributed by atoms with Gasteiger partial charge in [0.2, 0.25) is 0 Å². The van der Waals surface area contributed by atoms with Crippen LogP contribution >= 0.6 is 0 Å². The van der Waals surface area contributed by atoms with Gasteiger partial charge in [-0.2, -0.15) is 0 Å². The number of rotatable bonds is 6. The topological polar surface area (TPSA) is 40.5 Å². The number of benzene rings is 2. The summed E-state index contributed by atoms with van der Waals surface area (Å²) in [5.41, 5.74) is 3.90. The third kappa shape index (κ3) is 4.02. The highest BCUT2D eigenvalue weighted by Crippen LogP contribution is 2.37. The average Bonchev–Trinajstić information content (AvgIpc) is 3.05. The molecule has 3 aromatic rings. The van der Waals surface area contributed by atoms with Gasteiger partial charge in [0.25, 0.3) is 0 Å². The van der Waals surface area contributed by atoms with E-state index < -0.39 is 0 Å². The Morgan fingerprint density at radius 3 is 2.55 bits per heavy atom. The minimum absolute atomic E-state index is 0.246. The van der Waals surface area contributed by atoms with Crippen molar-refractivity contribution >= 4 is 16.9 Å². The van der Waals surface area contributed by atoms with Gasteiger partial charge in [-0.15, -0.1) is 0 Å². The second-order valence-electron chi connectivity index (χ2n) is 7.80. The van der Waals surface area contributed by atoms with Crippen molar-refractivity contribution in [2.45, 2.75) is 58.6 Å². The van der Waals surface area contributed by atoms with Crippen molar-refractivity contribution in [2.24, 2.45) is 0 Å². The van der Waals surface area contributed by atoms with E-state index >= 15 is 0 Å². The van der Waals surface area contributed by atoms with Crippen LogP contribution < -0.4 is 4.74 Å². The van der Waals surface area contributed by atoms with Crippen molar-refractivity contribution in [1.29, 1.82) is 0 Å². The van der Waals surface area contributed by atoms with Crippen molar-refractivity contribution in [3.8, 4) is 5.75 Å². The summed E-state index contributed by atoms with van der Waals surface area (Å²) in [6, 6.07) is 16.7. The molecule has 0 amide bonds. The molecule has 0 aliphatic heterocycles. The smallest absolute Gasteiger partial charge is 0.340 e. The van der Waals surface area contributed by atoms with Gasteiger partial charge in [-0.05, 0) is 50.5 Å². The number of hydrogen-bond donors (Lipinski definition) is 0. The van der Waals surface area contributed by atoms with Crippen LogP contribution in [-0.4, -0.2) is 17.1 Å². The van der Waals surface area contributed by atoms with E-state index in [9.17, 15) is 4.79 Å². The second kappa shape index (κ2) is 8.73. The predicted octanol–water partition coefficient (Wildman–Crippen LogP) is 6.21. The number of fused-ring (bicyclic) bond motifs is 1. The number of carbonyl (C=O) groups is 1. The van der Waals surface area contributed by atoms with Crippen LogP contribution in [0.25, 0.3) is 10.9 Å². The Labute approximate surface area is 172 Å². The van der Waals surface area contributed by atoms with Gasteiger partial charge in [0.15, 0.2) is 0 Å². The van der Waals surface area contributed by atoms with E-state index in [4.69, 9.17) is 9.47 Å². The molecule has 0 bridgehead atoms. The molecule has 29 heavy (non-hydrogen) atoms. The summed E-state index contributed by atoms with van der Waals surface area (Å²) in [5.74, 6) is 0.525. The Morgan fingerprint density at radius 1 is 1.07 bits per heavy atom. The van der Waals surface area contributed by atoms with E-state index in [2.05, 4.69) is 10.6 Å². The first-order chi connectivity index (χ1) is 14.2. The maximum atomic E-state index is 12.8. The summed E-state index contributed by atoms with van der Waals surface area (Å²) >= 11 is 0. The maximum absolute atomic E-state index is 12.8. The first kappa shape index (κ1) is 19.6. The Bertz CT molecular complexity index is 984. The number of esters is 1. The number of nitrogens with zero attached hydrogens (tertiary/aromatic N) is 1. The monoisotopic (exact) mass is 391 g/mol. The Kier molecular flexibility index (Phi) is 5.89. The van der Waals surface area contributed by atoms with E-state index in [1.54, 1.807) is 0 Å². The molecule has 1 aliphatic rings. The highest BCUT2D eigenvalue weighted by atomic mass is 16.5. The lowest BCUT2D eigenvalue weighted by molar-refractivity contribution is 0.0527. The molecule has 0 unspecified atom stereocenters. The van der Waals surface area contributed by atoms with Crippen LogP contribution in [0.15, 0.2) is 48.5 Å². The van der Waals surface area contributed by atoms with Gasteiger partial charge in [0.1, 0.15) is 12.4 Å². The van der Waals surface area contributed by atoms with Gasteiger partial charge in [0.05, 0.1) is 12.2 Å². The molecule has 0 saturated heterocycles. The summed E-state index contributed by atoms with van der Waals surface area (Å²) in [5, 5.41) is 0.928. The largest absolute Gasteiger partial charge is 0.489 e. The minimum atomic E-state index is -0.246. The summed E-state index contributed by atoms with van der Waals surface area (Å²) in [4.78, 5) is 12.8. The van der Waals surface area contributed by atoms with Crippen LogP contribution in [0.3, 0.4) is 0 Å². The van der Waals surface area contributed by atoms with Crippen molar-refractivity contribution < 1.29 is 14.3 Å². The van der Waals surface area contributed by atoms with Gasteiger partial charge >= 0.3 is 5.97 Å². The molecule has 0 radical (unpaired) electrons. The molecule has 1 saturated carbocycles. The summed E-state index contributed by atoms with van der Waals surface area (Å²) in [6.07, 6.45) is 6.13. The second-order valence-corrected chi connectivity index (χ2v) is 7.80. The number of ether oxygens (including phenoxy) is 2. The first-order valence-electron chi connectivity index (χ1n) is 10.7. The van der Waals surface area contributed by atoms with Crippen molar-refractivity contribution in [2.75, 3.05) is 6.61 Å². The lowest BCUT2D eigenvalue weighted by Crippen LogP contribution is -2.15. The fourth-order valence-corrected chi connectivity index (χ4v) is 4.52. The van der Waals surface area contributed by atoms with Crippen LogP contribution in [0.1, 0.15) is 66.7 Å². The first-order valence-corrected chi connectivity index (χ1v) is 10.7. The van der Waals surface area contributed by atoms with Gasteiger partial charge in [-0.25, -0.2) is 4.79 Å². The standard InChI is InChI=1S/C25H29NO3/c1-3-28-25(27)24-18(2)26(20-12-8-5-9-13-20)23-15-14-21(16-22(23)24)29-17-19-10-6-4-7-11-19/h4,6-7,10-11,14-16,20H,3,5,8-9,12-13,17H2,1-2H3. The van der Waals surface area contributed by atoms with Crippen molar-refractivity contribution in [1.82, 2.24) is 4.57 Å². The van der Waals surface area contributed by atoms with E-state index in [-0.39, 0.29) is 5.97 Å². The fraction of sp³-hybridized carbons (Fsp3) is 0.400. The Balaban J connectivity index is 1.72. The molecule has 4 nitrogen and oxygen atoms in total. The molecule has 4 heteroatoms. The normalized spacial score (nSPS) is 14.8. The SMILES string of the molecule is CCOC(=O)c1c(C)n(C2CCCCC2)c2ccc(OCc3ccccc3)cc12. The van der Waals surface area contributed by atoms with Gasteiger partial charge < -0.3 is 14.0 Å². The molecule has 0 N–H and O–H groups in total. The Morgan fingerprint density at radius 2 is 1.83 bits per heavy atom. The quantitative estimate of drug-likeness (QED) is 0.469. The molecule has 4 rings (SSSR count). The molecular formula is C25H29NO3. The van der Waals surface area contributed by atoms with Gasteiger partial charge in [-0.3, -0.25) is 0 Å². The average molecular weight is 392 g/mol. The van der Waals surface area contributed by atoms with E-state index in [1.165, 1.54) is 32.1 Å². The zero-order chi connectivity index (χ0) is 20.2. The van der Waals surface area contributed by atoms with Crippen LogP contribution in [0, 0.1) is 6.92 Å². The van der Waals surface area contributed by atoms with E-state index in [0.29, 0.717) is 24.8 Å². The van der Waals surface area contributed by atoms with Gasteiger partial charge in [0, 0.05) is 22.6 Å². The van der Waals surface area contributed by atoms with Crippen molar-refractivity contribution in [3.05, 3.63) is 65.4 Å². The summed E-state index contributed by atoms with van der Waals surface area (Å²) in [6.45, 7) is 4.77. The molecule has 1 fully saturated rings. The third-order valence-electron chi connectivity index (χ3n) is 5.89. The molecular weight excluding hydrogens is 362 g/mol. The Hall–Kier alpha value is -2.75. The zero-order valence-electron chi connectivity index (χ0n) is 17.3. The van der Waals surface area contributed by atoms with Crippen molar-refractivity contribution in [3.63, 3.8) is 0 Å². The minimum Gasteiger partial charge on any atom is -0.489 e. The molecule has 2 aromatic carbocycles. The van der Waals surface area contributed by atoms with Crippen LogP contribution in [-0.2, 0) is 11.3 Å². The van der Waals surface area contributed by atoms with Crippen LogP contribution in [0.2, 0.25) is 0 Å².